The van der Waals surface area contributed by atoms with Crippen LogP contribution in [0.5, 0.6) is 11.5 Å². The van der Waals surface area contributed by atoms with E-state index in [0.29, 0.717) is 11.5 Å². The Morgan fingerprint density at radius 3 is 1.77 bits per heavy atom. The Morgan fingerprint density at radius 1 is 0.903 bits per heavy atom. The summed E-state index contributed by atoms with van der Waals surface area (Å²) in [6.45, 7) is 1.15. The number of benzene rings is 2. The molecular weight excluding hydrogens is 446 g/mol. The minimum atomic E-state index is -4.27. The fourth-order valence-corrected chi connectivity index (χ4v) is 6.03. The molecule has 2 rings (SSSR count). The second-order valence-electron chi connectivity index (χ2n) is 6.95. The number of hydroxylamine groups is 1. The third-order valence-corrected chi connectivity index (χ3v) is 9.32. The molecule has 0 bridgehead atoms. The van der Waals surface area contributed by atoms with Gasteiger partial charge >= 0.3 is 0 Å². The van der Waals surface area contributed by atoms with Gasteiger partial charge in [-0.3, -0.25) is 10.0 Å². The maximum Gasteiger partial charge on any atom is 0.264 e. The molecule has 2 aromatic rings. The molecule has 2 N–H and O–H groups in total. The number of rotatable bonds is 10. The first-order valence-corrected chi connectivity index (χ1v) is 12.4. The lowest BCUT2D eigenvalue weighted by molar-refractivity contribution is -0.131. The number of methoxy groups -OCH3 is 2. The van der Waals surface area contributed by atoms with Crippen LogP contribution in [0.1, 0.15) is 19.8 Å². The van der Waals surface area contributed by atoms with Gasteiger partial charge in [-0.25, -0.2) is 22.3 Å². The molecule has 0 aliphatic rings. The molecule has 0 aliphatic heterocycles. The molecule has 31 heavy (non-hydrogen) atoms. The van der Waals surface area contributed by atoms with Gasteiger partial charge in [0.2, 0.25) is 0 Å². The summed E-state index contributed by atoms with van der Waals surface area (Å²) in [5, 5.41) is 9.14. The number of amides is 1. The Morgan fingerprint density at radius 2 is 1.35 bits per heavy atom. The molecule has 0 fully saturated rings. The van der Waals surface area contributed by atoms with E-state index >= 15 is 0 Å². The van der Waals surface area contributed by atoms with Crippen molar-refractivity contribution in [3.8, 4) is 11.5 Å². The van der Waals surface area contributed by atoms with Crippen molar-refractivity contribution in [3.05, 3.63) is 48.5 Å². The van der Waals surface area contributed by atoms with Gasteiger partial charge in [0.05, 0.1) is 29.8 Å². The summed E-state index contributed by atoms with van der Waals surface area (Å²) >= 11 is 0. The molecule has 1 atom stereocenters. The van der Waals surface area contributed by atoms with Crippen LogP contribution in [-0.2, 0) is 24.5 Å². The van der Waals surface area contributed by atoms with E-state index in [1.165, 1.54) is 68.2 Å². The first kappa shape index (κ1) is 24.6. The number of carbonyl (C=O) groups is 1. The lowest BCUT2D eigenvalue weighted by Gasteiger charge is -2.27. The summed E-state index contributed by atoms with van der Waals surface area (Å²) in [5.74, 6) is -0.606. The number of hydrogen-bond acceptors (Lipinski definition) is 8. The van der Waals surface area contributed by atoms with Gasteiger partial charge in [-0.2, -0.15) is 0 Å². The molecule has 0 spiro atoms. The molecule has 9 nitrogen and oxygen atoms in total. The van der Waals surface area contributed by atoms with E-state index in [0.717, 1.165) is 6.92 Å². The van der Waals surface area contributed by atoms with Gasteiger partial charge in [-0.05, 0) is 68.3 Å². The first-order valence-electron chi connectivity index (χ1n) is 9.22. The molecule has 0 aromatic heterocycles. The van der Waals surface area contributed by atoms with E-state index in [4.69, 9.17) is 14.7 Å². The quantitative estimate of drug-likeness (QED) is 0.397. The van der Waals surface area contributed by atoms with Gasteiger partial charge in [0.1, 0.15) is 11.5 Å². The van der Waals surface area contributed by atoms with E-state index in [9.17, 15) is 21.6 Å². The van der Waals surface area contributed by atoms with Crippen LogP contribution in [0, 0.1) is 0 Å². The molecule has 170 valence electrons. The zero-order valence-corrected chi connectivity index (χ0v) is 19.0. The van der Waals surface area contributed by atoms with Crippen LogP contribution in [0.2, 0.25) is 0 Å². The molecule has 1 unspecified atom stereocenters. The average Bonchev–Trinajstić information content (AvgIpc) is 2.78. The van der Waals surface area contributed by atoms with Crippen molar-refractivity contribution in [2.24, 2.45) is 0 Å². The first-order chi connectivity index (χ1) is 14.5. The minimum absolute atomic E-state index is 0.0552. The van der Waals surface area contributed by atoms with Crippen LogP contribution in [-0.4, -0.2) is 52.7 Å². The maximum absolute atomic E-state index is 13.2. The average molecular weight is 472 g/mol. The second-order valence-corrected chi connectivity index (χ2v) is 11.4. The highest BCUT2D eigenvalue weighted by Gasteiger charge is 2.47. The standard InChI is InChI=1S/C20H25NO8S2/c1-20(19(22)21-23,31(26,27)18-11-7-16(29-3)8-12-18)13-4-14-30(24,25)17-9-5-15(28-2)6-10-17/h5-12,23H,4,13-14H2,1-3H3,(H,21,22). The molecule has 0 radical (unpaired) electrons. The van der Waals surface area contributed by atoms with Gasteiger partial charge in [0.15, 0.2) is 24.4 Å². The summed E-state index contributed by atoms with van der Waals surface area (Å²) in [4.78, 5) is 12.2. The Balaban J connectivity index is 2.26. The summed E-state index contributed by atoms with van der Waals surface area (Å²) in [7, 11) is -5.10. The predicted octanol–water partition coefficient (Wildman–Crippen LogP) is 2.00. The zero-order valence-electron chi connectivity index (χ0n) is 17.4. The van der Waals surface area contributed by atoms with Crippen molar-refractivity contribution in [2.45, 2.75) is 34.3 Å². The normalized spacial score (nSPS) is 13.8. The van der Waals surface area contributed by atoms with Crippen molar-refractivity contribution >= 4 is 25.6 Å². The zero-order chi connectivity index (χ0) is 23.3. The topological polar surface area (TPSA) is 136 Å². The largest absolute Gasteiger partial charge is 0.497 e. The number of nitrogens with one attached hydrogen (secondary N) is 1. The molecular formula is C20H25NO8S2. The summed E-state index contributed by atoms with van der Waals surface area (Å²) < 4.78 is 59.5. The van der Waals surface area contributed by atoms with Crippen molar-refractivity contribution in [3.63, 3.8) is 0 Å². The van der Waals surface area contributed by atoms with Crippen molar-refractivity contribution in [2.75, 3.05) is 20.0 Å². The molecule has 0 aliphatic carbocycles. The minimum Gasteiger partial charge on any atom is -0.497 e. The highest BCUT2D eigenvalue weighted by molar-refractivity contribution is 7.93. The fourth-order valence-electron chi connectivity index (χ4n) is 3.00. The monoisotopic (exact) mass is 471 g/mol. The van der Waals surface area contributed by atoms with Gasteiger partial charge in [-0.1, -0.05) is 0 Å². The van der Waals surface area contributed by atoms with E-state index in [2.05, 4.69) is 0 Å². The van der Waals surface area contributed by atoms with Crippen molar-refractivity contribution < 1.29 is 36.3 Å². The lowest BCUT2D eigenvalue weighted by atomic mass is 10.0. The molecule has 0 saturated carbocycles. The fraction of sp³-hybridized carbons (Fsp3) is 0.350. The third-order valence-electron chi connectivity index (χ3n) is 5.03. The predicted molar refractivity (Wildman–Crippen MR) is 113 cm³/mol. The van der Waals surface area contributed by atoms with Crippen LogP contribution in [0.4, 0.5) is 0 Å². The number of ether oxygens (including phenoxy) is 2. The molecule has 1 amide bonds. The summed E-state index contributed by atoms with van der Waals surface area (Å²) in [5.41, 5.74) is 1.39. The Labute approximate surface area is 181 Å². The number of hydrogen-bond donors (Lipinski definition) is 2. The summed E-state index contributed by atoms with van der Waals surface area (Å²) in [6.07, 6.45) is -0.462. The number of carbonyl (C=O) groups excluding carboxylic acids is 1. The van der Waals surface area contributed by atoms with E-state index < -0.39 is 30.3 Å². The van der Waals surface area contributed by atoms with Gasteiger partial charge in [-0.15, -0.1) is 0 Å². The SMILES string of the molecule is COc1ccc(S(=O)(=O)CCCC(C)(C(=O)NO)S(=O)(=O)c2ccc(OC)cc2)cc1. The van der Waals surface area contributed by atoms with Crippen LogP contribution in [0.25, 0.3) is 0 Å². The molecule has 0 saturated heterocycles. The molecule has 11 heteroatoms. The van der Waals surface area contributed by atoms with Crippen LogP contribution in [0.15, 0.2) is 58.3 Å². The highest BCUT2D eigenvalue weighted by Crippen LogP contribution is 2.32. The van der Waals surface area contributed by atoms with Gasteiger partial charge in [0.25, 0.3) is 5.91 Å². The van der Waals surface area contributed by atoms with E-state index in [-0.39, 0.29) is 28.4 Å². The molecule has 0 heterocycles. The third kappa shape index (κ3) is 5.17. The second kappa shape index (κ2) is 9.67. The lowest BCUT2D eigenvalue weighted by Crippen LogP contribution is -2.49. The smallest absolute Gasteiger partial charge is 0.264 e. The summed E-state index contributed by atoms with van der Waals surface area (Å²) in [6, 6.07) is 11.2. The van der Waals surface area contributed by atoms with Crippen LogP contribution < -0.4 is 15.0 Å². The maximum atomic E-state index is 13.2. The highest BCUT2D eigenvalue weighted by atomic mass is 32.2. The Bertz CT molecular complexity index is 1110. The Kier molecular flexibility index (Phi) is 7.68. The van der Waals surface area contributed by atoms with Crippen molar-refractivity contribution in [1.29, 1.82) is 0 Å². The Hall–Kier alpha value is -2.63. The van der Waals surface area contributed by atoms with Crippen LogP contribution >= 0.6 is 0 Å². The van der Waals surface area contributed by atoms with Gasteiger partial charge in [0, 0.05) is 0 Å². The number of sulfone groups is 2. The molecule has 2 aromatic carbocycles. The van der Waals surface area contributed by atoms with Crippen LogP contribution in [0.3, 0.4) is 0 Å². The van der Waals surface area contributed by atoms with E-state index in [1.54, 1.807) is 0 Å². The van der Waals surface area contributed by atoms with E-state index in [1.807, 2.05) is 0 Å². The van der Waals surface area contributed by atoms with Gasteiger partial charge < -0.3 is 9.47 Å². The van der Waals surface area contributed by atoms with Crippen molar-refractivity contribution in [1.82, 2.24) is 5.48 Å².